The van der Waals surface area contributed by atoms with Crippen molar-refractivity contribution < 1.29 is 4.79 Å². The van der Waals surface area contributed by atoms with Gasteiger partial charge in [-0.1, -0.05) is 22.9 Å². The van der Waals surface area contributed by atoms with Crippen molar-refractivity contribution in [3.63, 3.8) is 0 Å². The smallest absolute Gasteiger partial charge is 0.170 e. The predicted octanol–water partition coefficient (Wildman–Crippen LogP) is 1.70. The molecule has 0 unspecified atom stereocenters. The summed E-state index contributed by atoms with van der Waals surface area (Å²) in [6.07, 6.45) is 0.773. The lowest BCUT2D eigenvalue weighted by molar-refractivity contribution is 0.111. The number of carbonyl (C=O) groups is 1. The number of hydrogen-bond acceptors (Lipinski definition) is 3. The fourth-order valence-electron chi connectivity index (χ4n) is 1.38. The lowest BCUT2D eigenvalue weighted by Gasteiger charge is -2.02. The monoisotopic (exact) mass is 201 g/mol. The zero-order valence-corrected chi connectivity index (χ0v) is 8.64. The van der Waals surface area contributed by atoms with Gasteiger partial charge < -0.3 is 0 Å². The molecular formula is C11H11N3O. The molecule has 15 heavy (non-hydrogen) atoms. The molecule has 0 spiro atoms. The van der Waals surface area contributed by atoms with E-state index in [4.69, 9.17) is 0 Å². The van der Waals surface area contributed by atoms with Gasteiger partial charge >= 0.3 is 0 Å². The zero-order chi connectivity index (χ0) is 10.8. The van der Waals surface area contributed by atoms with E-state index >= 15 is 0 Å². The van der Waals surface area contributed by atoms with E-state index in [1.165, 1.54) is 5.56 Å². The number of hydrogen-bond donors (Lipinski definition) is 0. The van der Waals surface area contributed by atoms with Gasteiger partial charge in [-0.25, -0.2) is 4.68 Å². The SMILES string of the molecule is Cc1ccc(-n2nnc(C)c2C=O)cc1. The van der Waals surface area contributed by atoms with Crippen molar-refractivity contribution in [1.29, 1.82) is 0 Å². The van der Waals surface area contributed by atoms with E-state index in [9.17, 15) is 4.79 Å². The number of carbonyl (C=O) groups excluding carboxylic acids is 1. The van der Waals surface area contributed by atoms with Crippen LogP contribution in [0.4, 0.5) is 0 Å². The molecule has 0 aliphatic rings. The van der Waals surface area contributed by atoms with Crippen LogP contribution >= 0.6 is 0 Å². The second-order valence-corrected chi connectivity index (χ2v) is 3.43. The number of aldehydes is 1. The van der Waals surface area contributed by atoms with Gasteiger partial charge in [-0.15, -0.1) is 5.10 Å². The third-order valence-corrected chi connectivity index (χ3v) is 2.27. The van der Waals surface area contributed by atoms with Crippen molar-refractivity contribution in [2.24, 2.45) is 0 Å². The molecular weight excluding hydrogens is 190 g/mol. The molecule has 0 fully saturated rings. The topological polar surface area (TPSA) is 47.8 Å². The molecule has 1 heterocycles. The van der Waals surface area contributed by atoms with Gasteiger partial charge in [-0.3, -0.25) is 4.79 Å². The Balaban J connectivity index is 2.53. The Labute approximate surface area is 87.5 Å². The lowest BCUT2D eigenvalue weighted by Crippen LogP contribution is -2.01. The van der Waals surface area contributed by atoms with Crippen LogP contribution in [0.3, 0.4) is 0 Å². The molecule has 0 bridgehead atoms. The van der Waals surface area contributed by atoms with Crippen LogP contribution in [0.5, 0.6) is 0 Å². The molecule has 4 heteroatoms. The van der Waals surface area contributed by atoms with Gasteiger partial charge in [0, 0.05) is 0 Å². The van der Waals surface area contributed by atoms with Crippen LogP contribution in [0, 0.1) is 13.8 Å². The maximum Gasteiger partial charge on any atom is 0.170 e. The van der Waals surface area contributed by atoms with Gasteiger partial charge in [0.25, 0.3) is 0 Å². The number of benzene rings is 1. The summed E-state index contributed by atoms with van der Waals surface area (Å²) in [5, 5.41) is 7.79. The van der Waals surface area contributed by atoms with Crippen LogP contribution < -0.4 is 0 Å². The summed E-state index contributed by atoms with van der Waals surface area (Å²) in [4.78, 5) is 10.8. The molecule has 1 aromatic carbocycles. The summed E-state index contributed by atoms with van der Waals surface area (Å²) in [6.45, 7) is 3.78. The molecule has 2 aromatic rings. The van der Waals surface area contributed by atoms with Crippen molar-refractivity contribution in [1.82, 2.24) is 15.0 Å². The van der Waals surface area contributed by atoms with Gasteiger partial charge in [0.15, 0.2) is 6.29 Å². The Morgan fingerprint density at radius 1 is 1.20 bits per heavy atom. The highest BCUT2D eigenvalue weighted by molar-refractivity contribution is 5.74. The standard InChI is InChI=1S/C11H11N3O/c1-8-3-5-10(6-4-8)14-11(7-15)9(2)12-13-14/h3-7H,1-2H3. The van der Waals surface area contributed by atoms with Gasteiger partial charge in [0.1, 0.15) is 5.69 Å². The number of rotatable bonds is 2. The van der Waals surface area contributed by atoms with Crippen molar-refractivity contribution in [3.8, 4) is 5.69 Å². The van der Waals surface area contributed by atoms with Gasteiger partial charge in [-0.05, 0) is 26.0 Å². The van der Waals surface area contributed by atoms with Crippen LogP contribution in [-0.4, -0.2) is 21.3 Å². The number of aryl methyl sites for hydroxylation is 2. The summed E-state index contributed by atoms with van der Waals surface area (Å²) in [5.41, 5.74) is 3.16. The Bertz CT molecular complexity index is 485. The van der Waals surface area contributed by atoms with E-state index in [1.807, 2.05) is 31.2 Å². The van der Waals surface area contributed by atoms with Crippen LogP contribution in [0.25, 0.3) is 5.69 Å². The Morgan fingerprint density at radius 2 is 1.87 bits per heavy atom. The van der Waals surface area contributed by atoms with Crippen molar-refractivity contribution in [2.75, 3.05) is 0 Å². The normalized spacial score (nSPS) is 10.3. The van der Waals surface area contributed by atoms with Crippen LogP contribution in [0.1, 0.15) is 21.7 Å². The fraction of sp³-hybridized carbons (Fsp3) is 0.182. The van der Waals surface area contributed by atoms with E-state index < -0.39 is 0 Å². The molecule has 0 saturated carbocycles. The summed E-state index contributed by atoms with van der Waals surface area (Å²) in [5.74, 6) is 0. The summed E-state index contributed by atoms with van der Waals surface area (Å²) in [7, 11) is 0. The van der Waals surface area contributed by atoms with Gasteiger partial charge in [0.05, 0.1) is 11.4 Å². The first-order valence-corrected chi connectivity index (χ1v) is 4.67. The van der Waals surface area contributed by atoms with Gasteiger partial charge in [0.2, 0.25) is 0 Å². The minimum absolute atomic E-state index is 0.499. The second kappa shape index (κ2) is 3.65. The van der Waals surface area contributed by atoms with E-state index in [-0.39, 0.29) is 0 Å². The molecule has 0 amide bonds. The Kier molecular flexibility index (Phi) is 2.33. The third-order valence-electron chi connectivity index (χ3n) is 2.27. The average molecular weight is 201 g/mol. The molecule has 0 aliphatic carbocycles. The van der Waals surface area contributed by atoms with Crippen LogP contribution in [0.15, 0.2) is 24.3 Å². The second-order valence-electron chi connectivity index (χ2n) is 3.43. The van der Waals surface area contributed by atoms with E-state index in [1.54, 1.807) is 11.6 Å². The molecule has 0 aliphatic heterocycles. The number of nitrogens with zero attached hydrogens (tertiary/aromatic N) is 3. The van der Waals surface area contributed by atoms with Crippen molar-refractivity contribution in [2.45, 2.75) is 13.8 Å². The fourth-order valence-corrected chi connectivity index (χ4v) is 1.38. The maximum absolute atomic E-state index is 10.8. The third kappa shape index (κ3) is 1.66. The average Bonchev–Trinajstić information content (AvgIpc) is 2.61. The Morgan fingerprint density at radius 3 is 2.47 bits per heavy atom. The minimum atomic E-state index is 0.499. The van der Waals surface area contributed by atoms with E-state index in [2.05, 4.69) is 10.3 Å². The Hall–Kier alpha value is -1.97. The van der Waals surface area contributed by atoms with Crippen LogP contribution in [0.2, 0.25) is 0 Å². The predicted molar refractivity (Wildman–Crippen MR) is 56.2 cm³/mol. The molecule has 1 aromatic heterocycles. The van der Waals surface area contributed by atoms with E-state index in [0.717, 1.165) is 12.0 Å². The molecule has 0 atom stereocenters. The van der Waals surface area contributed by atoms with E-state index in [0.29, 0.717) is 11.4 Å². The highest BCUT2D eigenvalue weighted by Gasteiger charge is 2.08. The molecule has 0 N–H and O–H groups in total. The molecule has 2 rings (SSSR count). The number of aromatic nitrogens is 3. The molecule has 0 saturated heterocycles. The highest BCUT2D eigenvalue weighted by atomic mass is 16.1. The van der Waals surface area contributed by atoms with Crippen molar-refractivity contribution >= 4 is 6.29 Å². The maximum atomic E-state index is 10.8. The molecule has 4 nitrogen and oxygen atoms in total. The zero-order valence-electron chi connectivity index (χ0n) is 8.64. The lowest BCUT2D eigenvalue weighted by atomic mass is 10.2. The quantitative estimate of drug-likeness (QED) is 0.695. The summed E-state index contributed by atoms with van der Waals surface area (Å²) >= 11 is 0. The summed E-state index contributed by atoms with van der Waals surface area (Å²) < 4.78 is 1.54. The molecule has 0 radical (unpaired) electrons. The minimum Gasteiger partial charge on any atom is -0.296 e. The molecule has 76 valence electrons. The van der Waals surface area contributed by atoms with Gasteiger partial charge in [-0.2, -0.15) is 0 Å². The first-order valence-electron chi connectivity index (χ1n) is 4.67. The van der Waals surface area contributed by atoms with Crippen LogP contribution in [-0.2, 0) is 0 Å². The first kappa shape index (κ1) is 9.58. The first-order chi connectivity index (χ1) is 7.22. The van der Waals surface area contributed by atoms with Crippen molar-refractivity contribution in [3.05, 3.63) is 41.2 Å². The highest BCUT2D eigenvalue weighted by Crippen LogP contribution is 2.11. The summed E-state index contributed by atoms with van der Waals surface area (Å²) in [6, 6.07) is 7.77. The largest absolute Gasteiger partial charge is 0.296 e.